The van der Waals surface area contributed by atoms with Gasteiger partial charge in [0.25, 0.3) is 22.2 Å². The molecule has 0 aliphatic heterocycles. The van der Waals surface area contributed by atoms with Crippen LogP contribution in [-0.4, -0.2) is 153 Å². The molecule has 4 aromatic heterocycles. The van der Waals surface area contributed by atoms with Gasteiger partial charge in [0, 0.05) is 182 Å². The number of sulfonamides is 4. The Morgan fingerprint density at radius 1 is 0.403 bits per heavy atom. The first-order valence-electron chi connectivity index (χ1n) is 38.6. The van der Waals surface area contributed by atoms with Crippen molar-refractivity contribution in [3.05, 3.63) is 246 Å². The lowest BCUT2D eigenvalue weighted by Gasteiger charge is -2.23. The molecule has 4 aliphatic carbocycles. The zero-order chi connectivity index (χ0) is 92.1. The average molecular weight is 2130 g/mol. The quantitative estimate of drug-likeness (QED) is 0.0132. The molecule has 4 fully saturated rings. The maximum absolute atomic E-state index is 14.9. The number of benzene rings is 4. The third-order valence-corrected chi connectivity index (χ3v) is 33.8. The molecule has 0 bridgehead atoms. The van der Waals surface area contributed by atoms with E-state index in [0.717, 1.165) is 23.9 Å². The van der Waals surface area contributed by atoms with Crippen LogP contribution in [0, 0.1) is 64.3 Å². The van der Waals surface area contributed by atoms with Crippen molar-refractivity contribution in [2.75, 3.05) is 65.1 Å². The molecule has 0 spiro atoms. The van der Waals surface area contributed by atoms with Crippen LogP contribution in [0.2, 0.25) is 0 Å². The van der Waals surface area contributed by atoms with Gasteiger partial charge in [-0.05, 0) is 195 Å². The van der Waals surface area contributed by atoms with Gasteiger partial charge in [-0.3, -0.25) is 38.1 Å². The molecule has 0 amide bonds. The molecule has 12 rings (SSSR count). The van der Waals surface area contributed by atoms with Gasteiger partial charge in [-0.1, -0.05) is 72.1 Å². The van der Waals surface area contributed by atoms with Crippen molar-refractivity contribution in [2.45, 2.75) is 142 Å². The molecule has 11 N–H and O–H groups in total. The predicted octanol–water partition coefficient (Wildman–Crippen LogP) is 10.6. The number of pyridine rings is 4. The van der Waals surface area contributed by atoms with Gasteiger partial charge < -0.3 is 54.0 Å². The van der Waals surface area contributed by atoms with Crippen molar-refractivity contribution in [3.8, 4) is 0 Å². The van der Waals surface area contributed by atoms with Gasteiger partial charge in [-0.15, -0.1) is 0 Å². The summed E-state index contributed by atoms with van der Waals surface area (Å²) in [5, 5.41) is 65.3. The number of aliphatic hydroxyl groups is 7. The third kappa shape index (κ3) is 23.2. The lowest BCUT2D eigenvalue weighted by molar-refractivity contribution is -0.139. The van der Waals surface area contributed by atoms with Gasteiger partial charge in [-0.2, -0.15) is 13.2 Å². The number of hydrogen-bond acceptors (Lipinski definition) is 19. The zero-order valence-corrected chi connectivity index (χ0v) is 77.9. The summed E-state index contributed by atoms with van der Waals surface area (Å²) in [7, 11) is -10.6. The van der Waals surface area contributed by atoms with E-state index in [1.54, 1.807) is 44.2 Å². The second-order valence-corrected chi connectivity index (χ2v) is 44.1. The summed E-state index contributed by atoms with van der Waals surface area (Å²) in [5.41, 5.74) is -3.43. The molecule has 0 unspecified atom stereocenters. The van der Waals surface area contributed by atoms with E-state index in [-0.39, 0.29) is 142 Å². The van der Waals surface area contributed by atoms with Crippen LogP contribution in [0.3, 0.4) is 0 Å². The predicted molar refractivity (Wildman–Crippen MR) is 470 cm³/mol. The highest BCUT2D eigenvalue weighted by Gasteiger charge is 2.59. The molecule has 0 saturated heterocycles. The maximum atomic E-state index is 14.9. The molecule has 0 radical (unpaired) electrons. The molecule has 8 aromatic rings. The van der Waals surface area contributed by atoms with E-state index in [4.69, 9.17) is 0 Å². The highest BCUT2D eigenvalue weighted by atomic mass is 127. The van der Waals surface area contributed by atoms with E-state index in [2.05, 4.69) is 66.7 Å². The van der Waals surface area contributed by atoms with Crippen LogP contribution in [0.5, 0.6) is 0 Å². The molecule has 124 heavy (non-hydrogen) atoms. The minimum absolute atomic E-state index is 0.0434. The van der Waals surface area contributed by atoms with E-state index in [0.29, 0.717) is 93.5 Å². The number of aliphatic hydroxyl groups excluding tert-OH is 7. The number of alkyl halides is 3. The van der Waals surface area contributed by atoms with Gasteiger partial charge in [0.1, 0.15) is 28.8 Å². The summed E-state index contributed by atoms with van der Waals surface area (Å²) in [6.07, 6.45) is 2.02. The summed E-state index contributed by atoms with van der Waals surface area (Å²) in [4.78, 5) is 49.5. The molecule has 0 atom stereocenters. The zero-order valence-electron chi connectivity index (χ0n) is 67.7. The minimum atomic E-state index is -5.10. The van der Waals surface area contributed by atoms with Crippen molar-refractivity contribution >= 4 is 133 Å². The number of nitrogens with zero attached hydrogens (tertiary/aromatic N) is 4. The highest BCUT2D eigenvalue weighted by molar-refractivity contribution is 14.1. The average Bonchev–Trinajstić information content (AvgIpc) is 1.57. The first kappa shape index (κ1) is 101. The Labute approximate surface area is 749 Å². The Hall–Kier alpha value is -6.99. The fourth-order valence-electron chi connectivity index (χ4n) is 14.5. The lowest BCUT2D eigenvalue weighted by atomic mass is 9.99. The maximum Gasteiger partial charge on any atom is 0.422 e. The van der Waals surface area contributed by atoms with Gasteiger partial charge in [0.2, 0.25) is 40.1 Å². The third-order valence-electron chi connectivity index (χ3n) is 22.8. The van der Waals surface area contributed by atoms with Crippen LogP contribution < -0.4 is 41.1 Å². The molecule has 4 saturated carbocycles. The molecular formula is C81H94Br3F8IN8O19S4. The van der Waals surface area contributed by atoms with Crippen LogP contribution in [-0.2, 0) is 100 Å². The summed E-state index contributed by atoms with van der Waals surface area (Å²) in [6, 6.07) is 17.3. The van der Waals surface area contributed by atoms with Crippen LogP contribution in [0.15, 0.2) is 130 Å². The van der Waals surface area contributed by atoms with Crippen LogP contribution >= 0.6 is 70.4 Å². The molecule has 27 nitrogen and oxygen atoms in total. The largest absolute Gasteiger partial charge is 0.422 e. The monoisotopic (exact) mass is 2130 g/mol. The van der Waals surface area contributed by atoms with Gasteiger partial charge in [0.15, 0.2) is 5.82 Å². The minimum Gasteiger partial charge on any atom is -0.396 e. The number of hydrogen-bond donors (Lipinski definition) is 11. The fourth-order valence-corrected chi connectivity index (χ4v) is 23.0. The van der Waals surface area contributed by atoms with Crippen LogP contribution in [0.1, 0.15) is 138 Å². The summed E-state index contributed by atoms with van der Waals surface area (Å²) in [6.45, 7) is 0.834. The Kier molecular flexibility index (Phi) is 32.8. The van der Waals surface area contributed by atoms with E-state index in [9.17, 15) is 124 Å². The number of nitrogens with one attached hydrogen (secondary N) is 4. The van der Waals surface area contributed by atoms with E-state index in [1.807, 2.05) is 22.6 Å². The standard InChI is InChI=1S/2C21H26BrFN2O5S.C20H23F2IN2O5S.C19H19BrF4N2O4S/c2*1-13-17(7-15-3-4-16(22)8-18(15)23)19(10-25(2)20(13)28)24-31(29,30)21(5-6-21)9-14(11-26)12-27;1-25-9-17(24-31(29,30)20(4-5-20)8-12(10-26)11-27)15(18(22)19(25)28)6-13-2-3-14(23)7-16(13)21;1-26-10-15(25-31(29,30)18(4-5-18)6-7-27)13(16(17(26)28)19(22,23)24)8-11-2-3-12(20)9-14(11)21/h2*3-4,8,10,14,24,26-27H,5-7,9,11-12H2,1-2H3;2-3,7,9,12,24,26-27H,4-6,8,10-11H2,1H3;2-3,9-10,25,27H,4-8H2,1H3. The SMILES string of the molecule is Cc1c(Cc2ccc(Br)cc2F)c(NS(=O)(=O)C2(CC(CO)CO)CC2)cn(C)c1=O.Cc1c(Cc2ccc(Br)cc2F)c(NS(=O)(=O)C2(CC(CO)CO)CC2)cn(C)c1=O.Cn1cc(NS(=O)(=O)C2(CC(CO)CO)CC2)c(Cc2ccc(I)cc2F)c(F)c1=O.Cn1cc(NS(=O)(=O)C2(CCO)CC2)c(Cc2ccc(Br)cc2F)c(C(F)(F)F)c1=O. The summed E-state index contributed by atoms with van der Waals surface area (Å²) < 4.78 is 230. The van der Waals surface area contributed by atoms with Gasteiger partial charge >= 0.3 is 6.18 Å². The first-order chi connectivity index (χ1) is 57.9. The van der Waals surface area contributed by atoms with Crippen molar-refractivity contribution in [1.29, 1.82) is 0 Å². The highest BCUT2D eigenvalue weighted by Crippen LogP contribution is 2.53. The smallest absolute Gasteiger partial charge is 0.396 e. The topological polar surface area (TPSA) is 414 Å². The number of halogens is 12. The number of anilines is 4. The normalized spacial score (nSPS) is 15.4. The van der Waals surface area contributed by atoms with Crippen molar-refractivity contribution in [2.24, 2.45) is 45.9 Å². The molecule has 43 heteroatoms. The van der Waals surface area contributed by atoms with Gasteiger partial charge in [0.05, 0.1) is 41.7 Å². The Morgan fingerprint density at radius 2 is 0.669 bits per heavy atom. The van der Waals surface area contributed by atoms with Gasteiger partial charge in [-0.25, -0.2) is 55.6 Å². The molecule has 680 valence electrons. The number of aryl methyl sites for hydroxylation is 4. The fraction of sp³-hybridized carbons (Fsp3) is 0.457. The Morgan fingerprint density at radius 3 is 0.960 bits per heavy atom. The molecule has 4 aromatic carbocycles. The molecule has 4 aliphatic rings. The molecular weight excluding hydrogens is 2040 g/mol. The van der Waals surface area contributed by atoms with E-state index >= 15 is 0 Å². The lowest BCUT2D eigenvalue weighted by Crippen LogP contribution is -2.34. The van der Waals surface area contributed by atoms with Crippen molar-refractivity contribution in [1.82, 2.24) is 18.3 Å². The number of aromatic nitrogens is 4. The second kappa shape index (κ2) is 40.4. The van der Waals surface area contributed by atoms with Crippen LogP contribution in [0.25, 0.3) is 0 Å². The van der Waals surface area contributed by atoms with Crippen molar-refractivity contribution < 1.29 is 105 Å². The second-order valence-electron chi connectivity index (χ2n) is 31.8. The van der Waals surface area contributed by atoms with Crippen molar-refractivity contribution in [3.63, 3.8) is 0 Å². The first-order valence-corrected chi connectivity index (χ1v) is 48.0. The van der Waals surface area contributed by atoms with E-state index in [1.165, 1.54) is 85.3 Å². The Balaban J connectivity index is 0.000000187. The number of rotatable bonds is 34. The Bertz CT molecular complexity index is 5630. The van der Waals surface area contributed by atoms with E-state index < -0.39 is 153 Å². The van der Waals surface area contributed by atoms with Crippen LogP contribution in [0.4, 0.5) is 57.9 Å². The summed E-state index contributed by atoms with van der Waals surface area (Å²) >= 11 is 11.4. The molecule has 4 heterocycles. The summed E-state index contributed by atoms with van der Waals surface area (Å²) in [5.74, 6) is -5.14.